The lowest BCUT2D eigenvalue weighted by molar-refractivity contribution is 0.708. The van der Waals surface area contributed by atoms with Crippen LogP contribution in [0, 0.1) is 0 Å². The van der Waals surface area contributed by atoms with E-state index >= 15 is 0 Å². The Morgan fingerprint density at radius 2 is 2.11 bits per heavy atom. The van der Waals surface area contributed by atoms with Gasteiger partial charge in [-0.3, -0.25) is 0 Å². The van der Waals surface area contributed by atoms with Crippen molar-refractivity contribution in [2.24, 2.45) is 0 Å². The predicted molar refractivity (Wildman–Crippen MR) is 73.8 cm³/mol. The van der Waals surface area contributed by atoms with Crippen LogP contribution in [-0.4, -0.2) is 28.6 Å². The maximum absolute atomic E-state index is 4.36. The number of pyridine rings is 1. The highest BCUT2D eigenvalue weighted by Gasteiger charge is 2.01. The van der Waals surface area contributed by atoms with Crippen molar-refractivity contribution in [3.8, 4) is 0 Å². The van der Waals surface area contributed by atoms with E-state index in [9.17, 15) is 0 Å². The highest BCUT2D eigenvalue weighted by molar-refractivity contribution is 5.47. The van der Waals surface area contributed by atoms with E-state index in [1.54, 1.807) is 0 Å². The molecule has 0 unspecified atom stereocenters. The summed E-state index contributed by atoms with van der Waals surface area (Å²) in [5, 5.41) is 3.32. The molecule has 0 fully saturated rings. The van der Waals surface area contributed by atoms with E-state index in [2.05, 4.69) is 26.8 Å². The molecule has 0 aliphatic heterocycles. The maximum Gasteiger partial charge on any atom is 0.128 e. The lowest BCUT2D eigenvalue weighted by Gasteiger charge is -2.12. The van der Waals surface area contributed by atoms with Crippen LogP contribution in [0.1, 0.15) is 12.7 Å². The molecule has 0 amide bonds. The lowest BCUT2D eigenvalue weighted by atomic mass is 10.4. The van der Waals surface area contributed by atoms with Gasteiger partial charge in [0.1, 0.15) is 11.6 Å². The third-order valence-corrected chi connectivity index (χ3v) is 2.80. The predicted octanol–water partition coefficient (Wildman–Crippen LogP) is 1.98. The molecule has 18 heavy (non-hydrogen) atoms. The number of nitrogens with one attached hydrogen (secondary N) is 1. The first-order valence-electron chi connectivity index (χ1n) is 6.08. The molecule has 0 bridgehead atoms. The van der Waals surface area contributed by atoms with E-state index in [-0.39, 0.29) is 0 Å². The zero-order valence-corrected chi connectivity index (χ0v) is 11.1. The molecule has 1 N–H and O–H groups in total. The first-order chi connectivity index (χ1) is 8.70. The van der Waals surface area contributed by atoms with Crippen molar-refractivity contribution in [2.45, 2.75) is 20.0 Å². The SMILES string of the molecule is CCn1ccnc1CNc1ccc(N(C)C)nc1. The Morgan fingerprint density at radius 1 is 1.28 bits per heavy atom. The molecule has 2 heterocycles. The first kappa shape index (κ1) is 12.4. The molecule has 2 rings (SSSR count). The summed E-state index contributed by atoms with van der Waals surface area (Å²) in [6.07, 6.45) is 5.66. The summed E-state index contributed by atoms with van der Waals surface area (Å²) in [5.41, 5.74) is 1.01. The molecule has 5 heteroatoms. The van der Waals surface area contributed by atoms with Crippen LogP contribution in [0.15, 0.2) is 30.7 Å². The third kappa shape index (κ3) is 2.80. The summed E-state index contributed by atoms with van der Waals surface area (Å²) >= 11 is 0. The van der Waals surface area contributed by atoms with Crippen LogP contribution in [0.4, 0.5) is 11.5 Å². The van der Waals surface area contributed by atoms with E-state index in [4.69, 9.17) is 0 Å². The van der Waals surface area contributed by atoms with Gasteiger partial charge in [0.2, 0.25) is 0 Å². The van der Waals surface area contributed by atoms with Gasteiger partial charge in [0, 0.05) is 33.0 Å². The van der Waals surface area contributed by atoms with Crippen LogP contribution in [0.5, 0.6) is 0 Å². The first-order valence-corrected chi connectivity index (χ1v) is 6.08. The molecule has 0 aliphatic rings. The van der Waals surface area contributed by atoms with Crippen molar-refractivity contribution >= 4 is 11.5 Å². The monoisotopic (exact) mass is 245 g/mol. The van der Waals surface area contributed by atoms with Crippen molar-refractivity contribution in [2.75, 3.05) is 24.3 Å². The fourth-order valence-corrected chi connectivity index (χ4v) is 1.73. The Morgan fingerprint density at radius 3 is 2.72 bits per heavy atom. The van der Waals surface area contributed by atoms with Crippen molar-refractivity contribution in [3.05, 3.63) is 36.5 Å². The van der Waals surface area contributed by atoms with Gasteiger partial charge in [-0.15, -0.1) is 0 Å². The molecule has 0 radical (unpaired) electrons. The Labute approximate surface area is 107 Å². The van der Waals surface area contributed by atoms with Crippen molar-refractivity contribution < 1.29 is 0 Å². The van der Waals surface area contributed by atoms with Gasteiger partial charge in [0.15, 0.2) is 0 Å². The van der Waals surface area contributed by atoms with Crippen LogP contribution in [0.25, 0.3) is 0 Å². The van der Waals surface area contributed by atoms with E-state index in [0.29, 0.717) is 6.54 Å². The van der Waals surface area contributed by atoms with Gasteiger partial charge in [-0.2, -0.15) is 0 Å². The second-order valence-electron chi connectivity index (χ2n) is 4.28. The number of anilines is 2. The zero-order chi connectivity index (χ0) is 13.0. The average Bonchev–Trinajstić information content (AvgIpc) is 2.84. The number of aromatic nitrogens is 3. The van der Waals surface area contributed by atoms with E-state index in [0.717, 1.165) is 23.9 Å². The summed E-state index contributed by atoms with van der Waals surface area (Å²) in [5.74, 6) is 1.99. The molecule has 0 saturated carbocycles. The number of imidazole rings is 1. The standard InChI is InChI=1S/C13H19N5/c1-4-18-8-7-14-13(18)10-15-11-5-6-12(16-9-11)17(2)3/h5-9,15H,4,10H2,1-3H3. The third-order valence-electron chi connectivity index (χ3n) is 2.80. The van der Waals surface area contributed by atoms with E-state index < -0.39 is 0 Å². The number of aryl methyl sites for hydroxylation is 1. The van der Waals surface area contributed by atoms with Gasteiger partial charge in [-0.1, -0.05) is 0 Å². The molecular formula is C13H19N5. The maximum atomic E-state index is 4.36. The van der Waals surface area contributed by atoms with Gasteiger partial charge in [-0.05, 0) is 19.1 Å². The van der Waals surface area contributed by atoms with E-state index in [1.165, 1.54) is 0 Å². The van der Waals surface area contributed by atoms with Crippen LogP contribution >= 0.6 is 0 Å². The minimum absolute atomic E-state index is 0.712. The number of nitrogens with zero attached hydrogens (tertiary/aromatic N) is 4. The smallest absolute Gasteiger partial charge is 0.128 e. The largest absolute Gasteiger partial charge is 0.377 e. The Bertz CT molecular complexity index is 486. The van der Waals surface area contributed by atoms with Gasteiger partial charge in [-0.25, -0.2) is 9.97 Å². The summed E-state index contributed by atoms with van der Waals surface area (Å²) in [6.45, 7) is 3.76. The summed E-state index contributed by atoms with van der Waals surface area (Å²) in [7, 11) is 3.96. The Kier molecular flexibility index (Phi) is 3.82. The van der Waals surface area contributed by atoms with Gasteiger partial charge >= 0.3 is 0 Å². The van der Waals surface area contributed by atoms with Crippen LogP contribution < -0.4 is 10.2 Å². The zero-order valence-electron chi connectivity index (χ0n) is 11.1. The molecule has 0 aliphatic carbocycles. The topological polar surface area (TPSA) is 46.0 Å². The molecule has 0 saturated heterocycles. The van der Waals surface area contributed by atoms with Gasteiger partial charge in [0.05, 0.1) is 18.4 Å². The quantitative estimate of drug-likeness (QED) is 0.875. The lowest BCUT2D eigenvalue weighted by Crippen LogP contribution is -2.11. The molecule has 96 valence electrons. The number of hydrogen-bond acceptors (Lipinski definition) is 4. The van der Waals surface area contributed by atoms with Gasteiger partial charge in [0.25, 0.3) is 0 Å². The summed E-state index contributed by atoms with van der Waals surface area (Å²) < 4.78 is 2.12. The molecule has 2 aromatic heterocycles. The highest BCUT2D eigenvalue weighted by Crippen LogP contribution is 2.12. The van der Waals surface area contributed by atoms with Crippen LogP contribution in [0.2, 0.25) is 0 Å². The molecule has 0 spiro atoms. The number of hydrogen-bond donors (Lipinski definition) is 1. The molecule has 0 aromatic carbocycles. The summed E-state index contributed by atoms with van der Waals surface area (Å²) in [6, 6.07) is 4.02. The minimum Gasteiger partial charge on any atom is -0.377 e. The second kappa shape index (κ2) is 5.53. The van der Waals surface area contributed by atoms with Crippen molar-refractivity contribution in [1.29, 1.82) is 0 Å². The van der Waals surface area contributed by atoms with Crippen LogP contribution in [0.3, 0.4) is 0 Å². The Hall–Kier alpha value is -2.04. The summed E-state index contributed by atoms with van der Waals surface area (Å²) in [4.78, 5) is 10.7. The molecular weight excluding hydrogens is 226 g/mol. The van der Waals surface area contributed by atoms with E-state index in [1.807, 2.05) is 49.7 Å². The molecule has 0 atom stereocenters. The number of rotatable bonds is 5. The van der Waals surface area contributed by atoms with Crippen molar-refractivity contribution in [3.63, 3.8) is 0 Å². The fraction of sp³-hybridized carbons (Fsp3) is 0.385. The molecule has 2 aromatic rings. The average molecular weight is 245 g/mol. The normalized spacial score (nSPS) is 10.4. The minimum atomic E-state index is 0.712. The molecule has 5 nitrogen and oxygen atoms in total. The fourth-order valence-electron chi connectivity index (χ4n) is 1.73. The second-order valence-corrected chi connectivity index (χ2v) is 4.28. The Balaban J connectivity index is 1.98. The highest BCUT2D eigenvalue weighted by atomic mass is 15.1. The van der Waals surface area contributed by atoms with Crippen molar-refractivity contribution in [1.82, 2.24) is 14.5 Å². The van der Waals surface area contributed by atoms with Crippen LogP contribution in [-0.2, 0) is 13.1 Å². The van der Waals surface area contributed by atoms with Gasteiger partial charge < -0.3 is 14.8 Å².